The first-order valence-corrected chi connectivity index (χ1v) is 8.42. The number of benzene rings is 1. The third kappa shape index (κ3) is 3.03. The molecule has 1 aliphatic carbocycles. The van der Waals surface area contributed by atoms with Gasteiger partial charge in [0.15, 0.2) is 0 Å². The minimum absolute atomic E-state index is 0.00835. The largest absolute Gasteiger partial charge is 0.373 e. The molecule has 0 amide bonds. The van der Waals surface area contributed by atoms with E-state index >= 15 is 0 Å². The van der Waals surface area contributed by atoms with Crippen molar-refractivity contribution in [1.82, 2.24) is 0 Å². The summed E-state index contributed by atoms with van der Waals surface area (Å²) in [7, 11) is 0. The first kappa shape index (κ1) is 14.7. The molecule has 0 saturated carbocycles. The van der Waals surface area contributed by atoms with Crippen molar-refractivity contribution in [2.75, 3.05) is 5.32 Å². The molecule has 0 aliphatic heterocycles. The van der Waals surface area contributed by atoms with Gasteiger partial charge < -0.3 is 5.32 Å². The van der Waals surface area contributed by atoms with Gasteiger partial charge in [0.2, 0.25) is 0 Å². The summed E-state index contributed by atoms with van der Waals surface area (Å²) < 4.78 is 14.6. The van der Waals surface area contributed by atoms with E-state index in [2.05, 4.69) is 34.0 Å². The maximum atomic E-state index is 13.4. The van der Waals surface area contributed by atoms with E-state index < -0.39 is 10.7 Å². The first-order chi connectivity index (χ1) is 10.0. The Morgan fingerprint density at radius 3 is 3.00 bits per heavy atom. The van der Waals surface area contributed by atoms with Crippen molar-refractivity contribution in [3.8, 4) is 0 Å². The number of hydrogen-bond donors (Lipinski definition) is 1. The molecule has 1 aromatic carbocycles. The van der Waals surface area contributed by atoms with E-state index in [9.17, 15) is 14.5 Å². The lowest BCUT2D eigenvalue weighted by Crippen LogP contribution is -2.16. The highest BCUT2D eigenvalue weighted by atomic mass is 127. The Bertz CT molecular complexity index is 704. The zero-order valence-corrected chi connectivity index (χ0v) is 13.9. The summed E-state index contributed by atoms with van der Waals surface area (Å²) in [5.41, 5.74) is 1.35. The second-order valence-electron chi connectivity index (χ2n) is 4.94. The number of halogens is 2. The molecule has 0 radical (unpaired) electrons. The summed E-state index contributed by atoms with van der Waals surface area (Å²) >= 11 is 4.04. The Kier molecular flexibility index (Phi) is 4.12. The van der Waals surface area contributed by atoms with Crippen molar-refractivity contribution in [3.05, 3.63) is 53.5 Å². The number of nitro benzene ring substituents is 1. The van der Waals surface area contributed by atoms with E-state index in [1.165, 1.54) is 25.5 Å². The van der Waals surface area contributed by atoms with Gasteiger partial charge in [0.25, 0.3) is 5.69 Å². The summed E-state index contributed by atoms with van der Waals surface area (Å²) in [6.07, 6.45) is 2.98. The lowest BCUT2D eigenvalue weighted by molar-refractivity contribution is -0.384. The number of anilines is 1. The number of rotatable bonds is 3. The molecule has 7 heteroatoms. The third-order valence-electron chi connectivity index (χ3n) is 3.57. The summed E-state index contributed by atoms with van der Waals surface area (Å²) in [6.45, 7) is 0. The third-order valence-corrected chi connectivity index (χ3v) is 5.54. The summed E-state index contributed by atoms with van der Waals surface area (Å²) in [6, 6.07) is 5.64. The zero-order valence-electron chi connectivity index (χ0n) is 10.9. The predicted molar refractivity (Wildman–Crippen MR) is 89.4 cm³/mol. The van der Waals surface area contributed by atoms with E-state index in [1.54, 1.807) is 11.3 Å². The minimum atomic E-state index is -0.483. The van der Waals surface area contributed by atoms with Crippen LogP contribution in [-0.2, 0) is 6.42 Å². The van der Waals surface area contributed by atoms with Gasteiger partial charge in [-0.3, -0.25) is 10.1 Å². The maximum Gasteiger partial charge on any atom is 0.292 e. The van der Waals surface area contributed by atoms with E-state index in [0.717, 1.165) is 25.3 Å². The molecular formula is C14H12FIN2O2S. The van der Waals surface area contributed by atoms with Crippen LogP contribution in [0.4, 0.5) is 15.8 Å². The van der Waals surface area contributed by atoms with Crippen molar-refractivity contribution in [1.29, 1.82) is 0 Å². The maximum absolute atomic E-state index is 13.4. The van der Waals surface area contributed by atoms with Gasteiger partial charge in [0.1, 0.15) is 11.5 Å². The molecule has 4 nitrogen and oxygen atoms in total. The minimum Gasteiger partial charge on any atom is -0.373 e. The van der Waals surface area contributed by atoms with Crippen LogP contribution in [0.1, 0.15) is 29.3 Å². The van der Waals surface area contributed by atoms with Gasteiger partial charge >= 0.3 is 0 Å². The number of nitrogens with one attached hydrogen (secondary N) is 1. The normalized spacial score (nSPS) is 17.3. The predicted octanol–water partition coefficient (Wildman–Crippen LogP) is 4.89. The Morgan fingerprint density at radius 2 is 2.24 bits per heavy atom. The summed E-state index contributed by atoms with van der Waals surface area (Å²) in [4.78, 5) is 11.9. The molecule has 1 N–H and O–H groups in total. The zero-order chi connectivity index (χ0) is 15.0. The molecule has 1 atom stereocenters. The number of hydrogen-bond acceptors (Lipinski definition) is 4. The average Bonchev–Trinajstić information content (AvgIpc) is 2.80. The fourth-order valence-corrected chi connectivity index (χ4v) is 4.76. The van der Waals surface area contributed by atoms with Gasteiger partial charge in [-0.15, -0.1) is 11.3 Å². The highest BCUT2D eigenvalue weighted by Crippen LogP contribution is 2.39. The molecule has 0 fully saturated rings. The Labute approximate surface area is 138 Å². The molecule has 0 bridgehead atoms. The summed E-state index contributed by atoms with van der Waals surface area (Å²) in [5, 5.41) is 14.2. The quantitative estimate of drug-likeness (QED) is 0.439. The Balaban J connectivity index is 1.94. The molecule has 1 aromatic heterocycles. The van der Waals surface area contributed by atoms with Gasteiger partial charge in [0.05, 0.1) is 13.8 Å². The molecule has 21 heavy (non-hydrogen) atoms. The molecule has 0 spiro atoms. The number of nitrogens with zero attached hydrogens (tertiary/aromatic N) is 1. The van der Waals surface area contributed by atoms with Crippen LogP contribution in [0.3, 0.4) is 0 Å². The van der Waals surface area contributed by atoms with Crippen molar-refractivity contribution < 1.29 is 9.31 Å². The van der Waals surface area contributed by atoms with E-state index in [4.69, 9.17) is 0 Å². The van der Waals surface area contributed by atoms with Crippen LogP contribution in [0.2, 0.25) is 0 Å². The molecule has 1 unspecified atom stereocenters. The Hall–Kier alpha value is -1.22. The van der Waals surface area contributed by atoms with Crippen LogP contribution in [0.5, 0.6) is 0 Å². The smallest absolute Gasteiger partial charge is 0.292 e. The molecule has 1 heterocycles. The lowest BCUT2D eigenvalue weighted by atomic mass is 9.94. The van der Waals surface area contributed by atoms with Crippen molar-refractivity contribution in [3.63, 3.8) is 0 Å². The lowest BCUT2D eigenvalue weighted by Gasteiger charge is -2.24. The van der Waals surface area contributed by atoms with Crippen LogP contribution in [0, 0.1) is 18.8 Å². The standard InChI is InChI=1S/C14H12FIN2O2S/c15-8-4-5-12(18(19)20)11(6-8)17-10-2-1-3-13-9(10)7-14(16)21-13/h4-7,10,17H,1-3H2. The highest BCUT2D eigenvalue weighted by molar-refractivity contribution is 14.1. The first-order valence-electron chi connectivity index (χ1n) is 6.53. The molecule has 0 saturated heterocycles. The molecule has 110 valence electrons. The summed E-state index contributed by atoms with van der Waals surface area (Å²) in [5.74, 6) is -0.473. The van der Waals surface area contributed by atoms with E-state index in [1.807, 2.05) is 0 Å². The van der Waals surface area contributed by atoms with E-state index in [-0.39, 0.29) is 17.4 Å². The number of nitro groups is 1. The van der Waals surface area contributed by atoms with Crippen LogP contribution in [0.25, 0.3) is 0 Å². The van der Waals surface area contributed by atoms with Crippen molar-refractivity contribution in [2.45, 2.75) is 25.3 Å². The monoisotopic (exact) mass is 418 g/mol. The van der Waals surface area contributed by atoms with Crippen LogP contribution < -0.4 is 5.32 Å². The van der Waals surface area contributed by atoms with Gasteiger partial charge in [-0.25, -0.2) is 4.39 Å². The van der Waals surface area contributed by atoms with Gasteiger partial charge in [-0.2, -0.15) is 0 Å². The fourth-order valence-electron chi connectivity index (χ4n) is 2.64. The van der Waals surface area contributed by atoms with E-state index in [0.29, 0.717) is 0 Å². The van der Waals surface area contributed by atoms with Gasteiger partial charge in [-0.05, 0) is 59.5 Å². The topological polar surface area (TPSA) is 55.2 Å². The molecule has 2 aromatic rings. The SMILES string of the molecule is O=[N+]([O-])c1ccc(F)cc1NC1CCCc2sc(I)cc21. The van der Waals surface area contributed by atoms with Crippen LogP contribution in [-0.4, -0.2) is 4.92 Å². The molecule has 3 rings (SSSR count). The second kappa shape index (κ2) is 5.88. The van der Waals surface area contributed by atoms with Crippen LogP contribution in [0.15, 0.2) is 24.3 Å². The number of thiophene rings is 1. The Morgan fingerprint density at radius 1 is 1.43 bits per heavy atom. The van der Waals surface area contributed by atoms with Crippen molar-refractivity contribution in [2.24, 2.45) is 0 Å². The molecule has 1 aliphatic rings. The fraction of sp³-hybridized carbons (Fsp3) is 0.286. The highest BCUT2D eigenvalue weighted by Gasteiger charge is 2.25. The number of fused-ring (bicyclic) bond motifs is 1. The average molecular weight is 418 g/mol. The van der Waals surface area contributed by atoms with Gasteiger partial charge in [0, 0.05) is 17.0 Å². The second-order valence-corrected chi connectivity index (χ2v) is 7.97. The van der Waals surface area contributed by atoms with Gasteiger partial charge in [-0.1, -0.05) is 0 Å². The van der Waals surface area contributed by atoms with Crippen LogP contribution >= 0.6 is 33.9 Å². The van der Waals surface area contributed by atoms with Crippen molar-refractivity contribution >= 4 is 45.3 Å². The number of aryl methyl sites for hydroxylation is 1. The molecular weight excluding hydrogens is 406 g/mol.